The first-order chi connectivity index (χ1) is 9.54. The van der Waals surface area contributed by atoms with Gasteiger partial charge < -0.3 is 5.11 Å². The Morgan fingerprint density at radius 1 is 1.30 bits per heavy atom. The molecule has 8 heteroatoms. The van der Waals surface area contributed by atoms with Crippen molar-refractivity contribution < 1.29 is 14.8 Å². The van der Waals surface area contributed by atoms with Gasteiger partial charge in [0.1, 0.15) is 0 Å². The fraction of sp³-hybridized carbons (Fsp3) is 0. The summed E-state index contributed by atoms with van der Waals surface area (Å²) in [7, 11) is 0. The predicted octanol–water partition coefficient (Wildman–Crippen LogP) is 2.67. The van der Waals surface area contributed by atoms with Crippen LogP contribution in [0.3, 0.4) is 0 Å². The molecule has 3 aromatic rings. The molecule has 1 aromatic carbocycles. The number of rotatable bonds is 3. The number of thiazole rings is 1. The Bertz CT molecular complexity index is 787. The van der Waals surface area contributed by atoms with Gasteiger partial charge in [-0.2, -0.15) is 0 Å². The van der Waals surface area contributed by atoms with E-state index < -0.39 is 10.9 Å². The minimum absolute atomic E-state index is 0.00787. The third kappa shape index (κ3) is 2.01. The van der Waals surface area contributed by atoms with Crippen molar-refractivity contribution in [3.05, 3.63) is 52.5 Å². The molecule has 100 valence electrons. The number of carbonyl (C=O) groups is 1. The van der Waals surface area contributed by atoms with Crippen LogP contribution in [0.5, 0.6) is 0 Å². The number of aromatic carboxylic acids is 1. The summed E-state index contributed by atoms with van der Waals surface area (Å²) in [5.41, 5.74) is 0.845. The molecule has 0 spiro atoms. The van der Waals surface area contributed by atoms with Crippen LogP contribution in [-0.4, -0.2) is 25.4 Å². The van der Waals surface area contributed by atoms with Crippen LogP contribution in [0, 0.1) is 10.1 Å². The zero-order valence-corrected chi connectivity index (χ0v) is 10.7. The van der Waals surface area contributed by atoms with Gasteiger partial charge in [-0.3, -0.25) is 14.5 Å². The molecule has 0 saturated carbocycles. The first-order valence-corrected chi connectivity index (χ1v) is 6.33. The number of fused-ring (bicyclic) bond motifs is 1. The lowest BCUT2D eigenvalue weighted by atomic mass is 10.2. The van der Waals surface area contributed by atoms with Crippen molar-refractivity contribution in [2.75, 3.05) is 0 Å². The highest BCUT2D eigenvalue weighted by Gasteiger charge is 2.13. The molecule has 0 atom stereocenters. The van der Waals surface area contributed by atoms with E-state index in [0.717, 1.165) is 10.4 Å². The Kier molecular flexibility index (Phi) is 2.72. The second-order valence-electron chi connectivity index (χ2n) is 4.02. The first-order valence-electron chi connectivity index (χ1n) is 5.51. The van der Waals surface area contributed by atoms with E-state index in [1.165, 1.54) is 29.7 Å². The summed E-state index contributed by atoms with van der Waals surface area (Å²) >= 11 is 1.32. The summed E-state index contributed by atoms with van der Waals surface area (Å²) in [6, 6.07) is 6.17. The second kappa shape index (κ2) is 4.42. The zero-order chi connectivity index (χ0) is 14.3. The summed E-state index contributed by atoms with van der Waals surface area (Å²) < 4.78 is 1.63. The number of nitro benzene ring substituents is 1. The zero-order valence-electron chi connectivity index (χ0n) is 9.89. The van der Waals surface area contributed by atoms with Crippen LogP contribution >= 0.6 is 11.3 Å². The molecule has 0 saturated heterocycles. The monoisotopic (exact) mass is 289 g/mol. The standard InChI is InChI=1S/C12H7N3O4S/c16-11(17)9-5-14-6-10(20-12(14)13-9)7-1-3-8(4-2-7)15(18)19/h1-6H,(H,16,17). The van der Waals surface area contributed by atoms with Gasteiger partial charge in [0, 0.05) is 24.5 Å². The van der Waals surface area contributed by atoms with Crippen molar-refractivity contribution in [2.24, 2.45) is 0 Å². The van der Waals surface area contributed by atoms with Gasteiger partial charge in [0.05, 0.1) is 9.80 Å². The lowest BCUT2D eigenvalue weighted by molar-refractivity contribution is -0.384. The van der Waals surface area contributed by atoms with Crippen LogP contribution in [0.25, 0.3) is 15.4 Å². The summed E-state index contributed by atoms with van der Waals surface area (Å²) in [4.78, 5) is 26.3. The minimum atomic E-state index is -1.07. The van der Waals surface area contributed by atoms with Crippen LogP contribution in [-0.2, 0) is 0 Å². The van der Waals surface area contributed by atoms with E-state index in [4.69, 9.17) is 5.11 Å². The molecule has 0 fully saturated rings. The average Bonchev–Trinajstić information content (AvgIpc) is 2.96. The van der Waals surface area contributed by atoms with Crippen LogP contribution in [0.15, 0.2) is 36.7 Å². The van der Waals surface area contributed by atoms with Gasteiger partial charge in [-0.15, -0.1) is 0 Å². The number of hydrogen-bond acceptors (Lipinski definition) is 5. The number of nitro groups is 1. The molecular formula is C12H7N3O4S. The Morgan fingerprint density at radius 3 is 2.55 bits per heavy atom. The molecule has 2 aromatic heterocycles. The predicted molar refractivity (Wildman–Crippen MR) is 72.1 cm³/mol. The van der Waals surface area contributed by atoms with Crippen molar-refractivity contribution in [3.8, 4) is 10.4 Å². The van der Waals surface area contributed by atoms with Crippen LogP contribution in [0.2, 0.25) is 0 Å². The van der Waals surface area contributed by atoms with Crippen molar-refractivity contribution in [1.82, 2.24) is 9.38 Å². The van der Waals surface area contributed by atoms with E-state index in [9.17, 15) is 14.9 Å². The van der Waals surface area contributed by atoms with Crippen molar-refractivity contribution in [1.29, 1.82) is 0 Å². The van der Waals surface area contributed by atoms with Gasteiger partial charge in [0.15, 0.2) is 10.7 Å². The van der Waals surface area contributed by atoms with Crippen molar-refractivity contribution in [2.45, 2.75) is 0 Å². The number of carboxylic acid groups (broad SMARTS) is 1. The third-order valence-corrected chi connectivity index (χ3v) is 3.78. The molecule has 0 amide bonds. The number of benzene rings is 1. The summed E-state index contributed by atoms with van der Waals surface area (Å²) in [5.74, 6) is -1.07. The lowest BCUT2D eigenvalue weighted by Crippen LogP contribution is -1.95. The average molecular weight is 289 g/mol. The number of imidazole rings is 1. The molecule has 0 unspecified atom stereocenters. The highest BCUT2D eigenvalue weighted by atomic mass is 32.1. The maximum Gasteiger partial charge on any atom is 0.356 e. The maximum atomic E-state index is 10.8. The number of aromatic nitrogens is 2. The number of hydrogen-bond donors (Lipinski definition) is 1. The van der Waals surface area contributed by atoms with E-state index >= 15 is 0 Å². The highest BCUT2D eigenvalue weighted by Crippen LogP contribution is 2.29. The number of nitrogens with zero attached hydrogens (tertiary/aromatic N) is 3. The SMILES string of the molecule is O=C(O)c1cn2cc(-c3ccc([N+](=O)[O-])cc3)sc2n1. The second-order valence-corrected chi connectivity index (χ2v) is 5.03. The fourth-order valence-electron chi connectivity index (χ4n) is 1.78. The van der Waals surface area contributed by atoms with Crippen LogP contribution in [0.4, 0.5) is 5.69 Å². The first kappa shape index (κ1) is 12.3. The van der Waals surface area contributed by atoms with Gasteiger partial charge in [0.2, 0.25) is 0 Å². The van der Waals surface area contributed by atoms with Crippen LogP contribution < -0.4 is 0 Å². The summed E-state index contributed by atoms with van der Waals surface area (Å²) in [6.07, 6.45) is 3.18. The van der Waals surface area contributed by atoms with Crippen molar-refractivity contribution in [3.63, 3.8) is 0 Å². The molecule has 0 aliphatic heterocycles. The third-order valence-electron chi connectivity index (χ3n) is 2.74. The van der Waals surface area contributed by atoms with Gasteiger partial charge in [-0.25, -0.2) is 9.78 Å². The molecule has 0 radical (unpaired) electrons. The highest BCUT2D eigenvalue weighted by molar-refractivity contribution is 7.20. The molecular weight excluding hydrogens is 282 g/mol. The minimum Gasteiger partial charge on any atom is -0.476 e. The van der Waals surface area contributed by atoms with Crippen molar-refractivity contribution >= 4 is 28.0 Å². The summed E-state index contributed by atoms with van der Waals surface area (Å²) in [5, 5.41) is 19.4. The van der Waals surface area contributed by atoms with E-state index in [1.54, 1.807) is 22.7 Å². The molecule has 3 rings (SSSR count). The van der Waals surface area contributed by atoms with Gasteiger partial charge >= 0.3 is 5.97 Å². The lowest BCUT2D eigenvalue weighted by Gasteiger charge is -1.95. The Morgan fingerprint density at radius 2 is 2.00 bits per heavy atom. The largest absolute Gasteiger partial charge is 0.476 e. The molecule has 0 aliphatic rings. The number of non-ortho nitro benzene ring substituents is 1. The topological polar surface area (TPSA) is 97.7 Å². The van der Waals surface area contributed by atoms with Gasteiger partial charge in [-0.1, -0.05) is 11.3 Å². The molecule has 0 aliphatic carbocycles. The fourth-order valence-corrected chi connectivity index (χ4v) is 2.75. The molecule has 2 heterocycles. The van der Waals surface area contributed by atoms with Gasteiger partial charge in [-0.05, 0) is 17.7 Å². The van der Waals surface area contributed by atoms with E-state index in [2.05, 4.69) is 4.98 Å². The normalized spacial score (nSPS) is 10.8. The number of carboxylic acids is 1. The Hall–Kier alpha value is -2.74. The molecule has 7 nitrogen and oxygen atoms in total. The summed E-state index contributed by atoms with van der Waals surface area (Å²) in [6.45, 7) is 0. The van der Waals surface area contributed by atoms with Gasteiger partial charge in [0.25, 0.3) is 5.69 Å². The Labute approximate surface area is 115 Å². The van der Waals surface area contributed by atoms with Crippen LogP contribution in [0.1, 0.15) is 10.5 Å². The van der Waals surface area contributed by atoms with E-state index in [1.807, 2.05) is 0 Å². The molecule has 0 bridgehead atoms. The smallest absolute Gasteiger partial charge is 0.356 e. The Balaban J connectivity index is 1.99. The maximum absolute atomic E-state index is 10.8. The van der Waals surface area contributed by atoms with E-state index in [0.29, 0.717) is 4.96 Å². The molecule has 1 N–H and O–H groups in total. The van der Waals surface area contributed by atoms with E-state index in [-0.39, 0.29) is 11.4 Å². The molecule has 20 heavy (non-hydrogen) atoms. The quantitative estimate of drug-likeness (QED) is 0.590.